The quantitative estimate of drug-likeness (QED) is 0.784. The molecule has 0 N–H and O–H groups in total. The van der Waals surface area contributed by atoms with Crippen molar-refractivity contribution in [3.8, 4) is 0 Å². The number of amides is 2. The molecule has 0 saturated heterocycles. The maximum Gasteiger partial charge on any atom is 0.225 e. The zero-order chi connectivity index (χ0) is 19.0. The van der Waals surface area contributed by atoms with Gasteiger partial charge >= 0.3 is 0 Å². The molecule has 3 heterocycles. The van der Waals surface area contributed by atoms with Gasteiger partial charge in [0.15, 0.2) is 0 Å². The van der Waals surface area contributed by atoms with Crippen LogP contribution in [-0.4, -0.2) is 28.2 Å². The second kappa shape index (κ2) is 7.31. The Kier molecular flexibility index (Phi) is 4.87. The molecule has 5 heteroatoms. The number of carbonyl (C=O) groups excluding carboxylic acids is 2. The van der Waals surface area contributed by atoms with Crippen molar-refractivity contribution in [1.29, 1.82) is 0 Å². The molecule has 2 aliphatic heterocycles. The van der Waals surface area contributed by atoms with Gasteiger partial charge in [-0.1, -0.05) is 31.2 Å². The Morgan fingerprint density at radius 2 is 1.96 bits per heavy atom. The molecule has 1 aromatic heterocycles. The highest BCUT2D eigenvalue weighted by molar-refractivity contribution is 7.10. The maximum absolute atomic E-state index is 13.3. The molecule has 4 nitrogen and oxygen atoms in total. The van der Waals surface area contributed by atoms with Gasteiger partial charge in [0, 0.05) is 24.5 Å². The lowest BCUT2D eigenvalue weighted by Gasteiger charge is -2.38. The number of fused-ring (bicyclic) bond motifs is 2. The Labute approximate surface area is 164 Å². The molecule has 1 aromatic carbocycles. The predicted molar refractivity (Wildman–Crippen MR) is 108 cm³/mol. The lowest BCUT2D eigenvalue weighted by molar-refractivity contribution is -0.137. The van der Waals surface area contributed by atoms with Crippen LogP contribution in [0.25, 0.3) is 6.08 Å². The number of rotatable bonds is 3. The number of thiophene rings is 1. The zero-order valence-electron chi connectivity index (χ0n) is 15.7. The summed E-state index contributed by atoms with van der Waals surface area (Å²) in [4.78, 5) is 30.6. The molecule has 2 atom stereocenters. The standard InChI is InChI=1S/C22H24N2O2S/c1-3-19-18-10-13-27-21(18)9-12-24(19)22(26)14-20-17-7-5-4-6-16(17)8-11-23(20)15(2)25/h4-8,10-11,13,19-20H,3,9,12,14H2,1-2H3. The van der Waals surface area contributed by atoms with Crippen molar-refractivity contribution < 1.29 is 9.59 Å². The van der Waals surface area contributed by atoms with Crippen molar-refractivity contribution >= 4 is 29.2 Å². The summed E-state index contributed by atoms with van der Waals surface area (Å²) in [6.45, 7) is 4.45. The summed E-state index contributed by atoms with van der Waals surface area (Å²) in [5.74, 6) is 0.0874. The van der Waals surface area contributed by atoms with E-state index in [1.165, 1.54) is 10.4 Å². The van der Waals surface area contributed by atoms with Gasteiger partial charge in [0.1, 0.15) is 0 Å². The summed E-state index contributed by atoms with van der Waals surface area (Å²) in [5.41, 5.74) is 3.43. The molecule has 0 aliphatic carbocycles. The fourth-order valence-electron chi connectivity index (χ4n) is 4.33. The molecule has 4 rings (SSSR count). The monoisotopic (exact) mass is 380 g/mol. The first-order valence-electron chi connectivity index (χ1n) is 9.52. The molecule has 27 heavy (non-hydrogen) atoms. The van der Waals surface area contributed by atoms with E-state index < -0.39 is 0 Å². The smallest absolute Gasteiger partial charge is 0.225 e. The van der Waals surface area contributed by atoms with E-state index in [1.54, 1.807) is 23.2 Å². The third-order valence-electron chi connectivity index (χ3n) is 5.64. The molecule has 0 bridgehead atoms. The van der Waals surface area contributed by atoms with E-state index in [-0.39, 0.29) is 23.9 Å². The fraction of sp³-hybridized carbons (Fsp3) is 0.364. The van der Waals surface area contributed by atoms with Gasteiger partial charge in [0.05, 0.1) is 18.5 Å². The number of carbonyl (C=O) groups is 2. The van der Waals surface area contributed by atoms with Crippen molar-refractivity contribution in [3.05, 3.63) is 63.5 Å². The van der Waals surface area contributed by atoms with Crippen LogP contribution in [0, 0.1) is 0 Å². The molecule has 140 valence electrons. The number of benzene rings is 1. The van der Waals surface area contributed by atoms with Gasteiger partial charge in [0.2, 0.25) is 11.8 Å². The van der Waals surface area contributed by atoms with Crippen molar-refractivity contribution in [2.75, 3.05) is 6.54 Å². The van der Waals surface area contributed by atoms with Crippen LogP contribution in [0.4, 0.5) is 0 Å². The largest absolute Gasteiger partial charge is 0.335 e. The molecule has 0 fully saturated rings. The molecule has 2 aliphatic rings. The van der Waals surface area contributed by atoms with Crippen LogP contribution in [0.5, 0.6) is 0 Å². The van der Waals surface area contributed by atoms with Crippen LogP contribution in [0.1, 0.15) is 60.3 Å². The second-order valence-electron chi connectivity index (χ2n) is 7.15. The first-order valence-corrected chi connectivity index (χ1v) is 10.4. The maximum atomic E-state index is 13.3. The third-order valence-corrected chi connectivity index (χ3v) is 6.64. The van der Waals surface area contributed by atoms with Crippen molar-refractivity contribution in [2.45, 2.75) is 45.2 Å². The van der Waals surface area contributed by atoms with Gasteiger partial charge in [-0.25, -0.2) is 0 Å². The topological polar surface area (TPSA) is 40.6 Å². The minimum atomic E-state index is -0.238. The summed E-state index contributed by atoms with van der Waals surface area (Å²) >= 11 is 1.79. The van der Waals surface area contributed by atoms with Crippen molar-refractivity contribution in [3.63, 3.8) is 0 Å². The lowest BCUT2D eigenvalue weighted by atomic mass is 9.92. The number of hydrogen-bond donors (Lipinski definition) is 0. The minimum Gasteiger partial charge on any atom is -0.335 e. The predicted octanol–water partition coefficient (Wildman–Crippen LogP) is 4.55. The third kappa shape index (κ3) is 3.21. The van der Waals surface area contributed by atoms with Crippen LogP contribution in [0.3, 0.4) is 0 Å². The summed E-state index contributed by atoms with van der Waals surface area (Å²) in [6, 6.07) is 10.1. The van der Waals surface area contributed by atoms with Gasteiger partial charge in [0.25, 0.3) is 0 Å². The van der Waals surface area contributed by atoms with E-state index in [9.17, 15) is 9.59 Å². The highest BCUT2D eigenvalue weighted by Crippen LogP contribution is 2.38. The highest BCUT2D eigenvalue weighted by atomic mass is 32.1. The normalized spacial score (nSPS) is 21.0. The molecule has 0 radical (unpaired) electrons. The summed E-state index contributed by atoms with van der Waals surface area (Å²) < 4.78 is 0. The van der Waals surface area contributed by atoms with E-state index in [0.29, 0.717) is 6.42 Å². The van der Waals surface area contributed by atoms with Crippen molar-refractivity contribution in [1.82, 2.24) is 9.80 Å². The first-order chi connectivity index (χ1) is 13.1. The molecule has 0 saturated carbocycles. The van der Waals surface area contributed by atoms with Crippen LogP contribution in [0.15, 0.2) is 41.9 Å². The first kappa shape index (κ1) is 18.0. The highest BCUT2D eigenvalue weighted by Gasteiger charge is 2.34. The molecular formula is C22H24N2O2S. The second-order valence-corrected chi connectivity index (χ2v) is 8.15. The molecule has 2 amide bonds. The Hall–Kier alpha value is -2.40. The summed E-state index contributed by atoms with van der Waals surface area (Å²) in [5, 5.41) is 2.13. The van der Waals surface area contributed by atoms with Crippen LogP contribution in [-0.2, 0) is 16.0 Å². The number of nitrogens with zero attached hydrogens (tertiary/aromatic N) is 2. The summed E-state index contributed by atoms with van der Waals surface area (Å²) in [6.07, 6.45) is 5.91. The Morgan fingerprint density at radius 1 is 1.15 bits per heavy atom. The van der Waals surface area contributed by atoms with Crippen molar-refractivity contribution in [2.24, 2.45) is 0 Å². The lowest BCUT2D eigenvalue weighted by Crippen LogP contribution is -2.42. The van der Waals surface area contributed by atoms with Gasteiger partial charge in [-0.15, -0.1) is 11.3 Å². The Morgan fingerprint density at radius 3 is 2.74 bits per heavy atom. The molecule has 2 aromatic rings. The molecule has 0 spiro atoms. The average Bonchev–Trinajstić information content (AvgIpc) is 3.16. The number of hydrogen-bond acceptors (Lipinski definition) is 3. The SMILES string of the molecule is CCC1c2ccsc2CCN1C(=O)CC1c2ccccc2C=CN1C(C)=O. The van der Waals surface area contributed by atoms with Crippen LogP contribution >= 0.6 is 11.3 Å². The zero-order valence-corrected chi connectivity index (χ0v) is 16.5. The van der Waals surface area contributed by atoms with E-state index in [0.717, 1.165) is 30.5 Å². The van der Waals surface area contributed by atoms with E-state index >= 15 is 0 Å². The minimum absolute atomic E-state index is 0.0376. The van der Waals surface area contributed by atoms with E-state index in [2.05, 4.69) is 18.4 Å². The molecule has 2 unspecified atom stereocenters. The molecular weight excluding hydrogens is 356 g/mol. The van der Waals surface area contributed by atoms with E-state index in [1.807, 2.05) is 41.4 Å². The van der Waals surface area contributed by atoms with E-state index in [4.69, 9.17) is 0 Å². The van der Waals surface area contributed by atoms with Gasteiger partial charge in [-0.3, -0.25) is 9.59 Å². The van der Waals surface area contributed by atoms with Crippen LogP contribution in [0.2, 0.25) is 0 Å². The fourth-order valence-corrected chi connectivity index (χ4v) is 5.26. The van der Waals surface area contributed by atoms with Crippen LogP contribution < -0.4 is 0 Å². The van der Waals surface area contributed by atoms with Gasteiger partial charge < -0.3 is 9.80 Å². The average molecular weight is 381 g/mol. The summed E-state index contributed by atoms with van der Waals surface area (Å²) in [7, 11) is 0. The Balaban J connectivity index is 1.61. The Bertz CT molecular complexity index is 901. The van der Waals surface area contributed by atoms with Gasteiger partial charge in [-0.05, 0) is 47.1 Å². The van der Waals surface area contributed by atoms with Gasteiger partial charge in [-0.2, -0.15) is 0 Å².